The first-order valence-electron chi connectivity index (χ1n) is 5.38. The Morgan fingerprint density at radius 3 is 2.89 bits per heavy atom. The van der Waals surface area contributed by atoms with E-state index in [4.69, 9.17) is 0 Å². The van der Waals surface area contributed by atoms with E-state index in [-0.39, 0.29) is 11.6 Å². The van der Waals surface area contributed by atoms with Gasteiger partial charge in [0.05, 0.1) is 12.8 Å². The highest BCUT2D eigenvalue weighted by atomic mass is 16.5. The van der Waals surface area contributed by atoms with Gasteiger partial charge in [0.1, 0.15) is 5.71 Å². The Kier molecular flexibility index (Phi) is 3.23. The molecule has 1 aromatic carbocycles. The third kappa shape index (κ3) is 1.90. The number of aliphatic imine (C=N–C) groups is 1. The summed E-state index contributed by atoms with van der Waals surface area (Å²) in [6, 6.07) is 7.16. The van der Waals surface area contributed by atoms with Crippen molar-refractivity contribution in [2.75, 3.05) is 18.6 Å². The second-order valence-electron chi connectivity index (χ2n) is 3.65. The van der Waals surface area contributed by atoms with Gasteiger partial charge in [-0.05, 0) is 6.07 Å². The molecule has 1 aliphatic rings. The Balaban J connectivity index is 2.51. The summed E-state index contributed by atoms with van der Waals surface area (Å²) in [5, 5.41) is 0. The van der Waals surface area contributed by atoms with Crippen molar-refractivity contribution < 1.29 is 14.3 Å². The monoisotopic (exact) mass is 244 g/mol. The van der Waals surface area contributed by atoms with Crippen LogP contribution in [-0.2, 0) is 9.53 Å². The molecule has 0 fully saturated rings. The maximum atomic E-state index is 12.1. The zero-order valence-corrected chi connectivity index (χ0v) is 9.92. The summed E-state index contributed by atoms with van der Waals surface area (Å²) in [6.45, 7) is 3.98. The lowest BCUT2D eigenvalue weighted by atomic mass is 10.1. The van der Waals surface area contributed by atoms with Crippen LogP contribution >= 0.6 is 0 Å². The van der Waals surface area contributed by atoms with Crippen LogP contribution in [0, 0.1) is 0 Å². The van der Waals surface area contributed by atoms with Gasteiger partial charge in [-0.15, -0.1) is 6.58 Å². The van der Waals surface area contributed by atoms with Crippen molar-refractivity contribution in [1.82, 2.24) is 0 Å². The van der Waals surface area contributed by atoms with E-state index in [0.29, 0.717) is 12.1 Å². The molecule has 2 amide bonds. The number of ether oxygens (including phenoxy) is 1. The number of carbonyl (C=O) groups is 2. The molecule has 0 N–H and O–H groups in total. The minimum absolute atomic E-state index is 0.110. The molecule has 0 saturated carbocycles. The molecule has 0 radical (unpaired) electrons. The van der Waals surface area contributed by atoms with Crippen LogP contribution < -0.4 is 4.90 Å². The van der Waals surface area contributed by atoms with Crippen LogP contribution in [0.5, 0.6) is 0 Å². The van der Waals surface area contributed by atoms with Gasteiger partial charge in [0, 0.05) is 12.1 Å². The summed E-state index contributed by atoms with van der Waals surface area (Å²) < 4.78 is 4.45. The quantitative estimate of drug-likeness (QED) is 0.745. The van der Waals surface area contributed by atoms with E-state index in [2.05, 4.69) is 16.3 Å². The molecule has 0 atom stereocenters. The number of benzene rings is 1. The Labute approximate surface area is 104 Å². The first-order valence-corrected chi connectivity index (χ1v) is 5.38. The number of methoxy groups -OCH3 is 1. The smallest absolute Gasteiger partial charge is 0.434 e. The van der Waals surface area contributed by atoms with Crippen molar-refractivity contribution in [2.24, 2.45) is 4.99 Å². The van der Waals surface area contributed by atoms with E-state index in [9.17, 15) is 9.59 Å². The highest BCUT2D eigenvalue weighted by Gasteiger charge is 2.33. The molecule has 0 unspecified atom stereocenters. The number of hydrogen-bond acceptors (Lipinski definition) is 3. The van der Waals surface area contributed by atoms with Crippen molar-refractivity contribution >= 4 is 23.4 Å². The molecule has 92 valence electrons. The van der Waals surface area contributed by atoms with Crippen LogP contribution in [0.4, 0.5) is 10.5 Å². The molecule has 0 aliphatic carbocycles. The molecule has 0 aromatic heterocycles. The molecule has 18 heavy (non-hydrogen) atoms. The number of hydrogen-bond donors (Lipinski definition) is 0. The molecule has 5 heteroatoms. The minimum atomic E-state index is -0.784. The van der Waals surface area contributed by atoms with Gasteiger partial charge in [-0.1, -0.05) is 24.3 Å². The molecular weight excluding hydrogens is 232 g/mol. The standard InChI is InChI=1S/C13H12N2O3/c1-3-8-15-10-7-5-4-6-9(10)11(12(15)16)14-13(17)18-2/h3-7H,1,8H2,2H3. The number of anilines is 1. The number of carbonyl (C=O) groups excluding carboxylic acids is 2. The largest absolute Gasteiger partial charge is 0.451 e. The number of amides is 2. The van der Waals surface area contributed by atoms with Gasteiger partial charge in [-0.25, -0.2) is 4.79 Å². The lowest BCUT2D eigenvalue weighted by Gasteiger charge is -2.13. The highest BCUT2D eigenvalue weighted by Crippen LogP contribution is 2.28. The summed E-state index contributed by atoms with van der Waals surface area (Å²) in [4.78, 5) is 28.5. The predicted molar refractivity (Wildman–Crippen MR) is 67.9 cm³/mol. The maximum absolute atomic E-state index is 12.1. The van der Waals surface area contributed by atoms with E-state index < -0.39 is 6.09 Å². The first kappa shape index (κ1) is 12.0. The van der Waals surface area contributed by atoms with Gasteiger partial charge in [0.2, 0.25) is 0 Å². The molecule has 1 aromatic rings. The summed E-state index contributed by atoms with van der Waals surface area (Å²) >= 11 is 0. The average molecular weight is 244 g/mol. The van der Waals surface area contributed by atoms with Crippen molar-refractivity contribution in [2.45, 2.75) is 0 Å². The lowest BCUT2D eigenvalue weighted by molar-refractivity contribution is -0.112. The first-order chi connectivity index (χ1) is 8.69. The second-order valence-corrected chi connectivity index (χ2v) is 3.65. The van der Waals surface area contributed by atoms with Crippen molar-refractivity contribution in [3.8, 4) is 0 Å². The van der Waals surface area contributed by atoms with Crippen molar-refractivity contribution in [1.29, 1.82) is 0 Å². The fourth-order valence-electron chi connectivity index (χ4n) is 1.82. The van der Waals surface area contributed by atoms with E-state index in [1.54, 1.807) is 24.3 Å². The Morgan fingerprint density at radius 1 is 1.50 bits per heavy atom. The van der Waals surface area contributed by atoms with Crippen LogP contribution in [0.1, 0.15) is 5.56 Å². The molecule has 0 bridgehead atoms. The van der Waals surface area contributed by atoms with Gasteiger partial charge < -0.3 is 9.64 Å². The maximum Gasteiger partial charge on any atom is 0.434 e. The number of fused-ring (bicyclic) bond motifs is 1. The van der Waals surface area contributed by atoms with Crippen LogP contribution in [0.2, 0.25) is 0 Å². The lowest BCUT2D eigenvalue weighted by Crippen LogP contribution is -2.30. The van der Waals surface area contributed by atoms with Gasteiger partial charge in [-0.3, -0.25) is 4.79 Å². The van der Waals surface area contributed by atoms with Crippen LogP contribution in [0.25, 0.3) is 0 Å². The fraction of sp³-hybridized carbons (Fsp3) is 0.154. The molecule has 5 nitrogen and oxygen atoms in total. The number of rotatable bonds is 2. The number of para-hydroxylation sites is 1. The van der Waals surface area contributed by atoms with Gasteiger partial charge in [0.15, 0.2) is 0 Å². The third-order valence-electron chi connectivity index (χ3n) is 2.59. The summed E-state index contributed by atoms with van der Waals surface area (Å²) in [7, 11) is 1.22. The predicted octanol–water partition coefficient (Wildman–Crippen LogP) is 1.77. The molecular formula is C13H12N2O3. The van der Waals surface area contributed by atoms with Gasteiger partial charge in [-0.2, -0.15) is 4.99 Å². The SMILES string of the molecule is C=CCN1C(=O)C(=NC(=O)OC)c2ccccc21. The average Bonchev–Trinajstić information content (AvgIpc) is 2.65. The Bertz CT molecular complexity index is 549. The Hall–Kier alpha value is -2.43. The van der Waals surface area contributed by atoms with E-state index in [0.717, 1.165) is 5.69 Å². The van der Waals surface area contributed by atoms with E-state index >= 15 is 0 Å². The normalized spacial score (nSPS) is 15.7. The number of nitrogens with zero attached hydrogens (tertiary/aromatic N) is 2. The minimum Gasteiger partial charge on any atom is -0.451 e. The van der Waals surface area contributed by atoms with Crippen LogP contribution in [0.3, 0.4) is 0 Å². The second kappa shape index (κ2) is 4.83. The topological polar surface area (TPSA) is 59.0 Å². The summed E-state index contributed by atoms with van der Waals surface area (Å²) in [6.07, 6.45) is 0.837. The van der Waals surface area contributed by atoms with Gasteiger partial charge >= 0.3 is 6.09 Å². The zero-order valence-electron chi connectivity index (χ0n) is 9.92. The highest BCUT2D eigenvalue weighted by molar-refractivity contribution is 6.55. The van der Waals surface area contributed by atoms with Crippen molar-refractivity contribution in [3.63, 3.8) is 0 Å². The molecule has 1 aliphatic heterocycles. The third-order valence-corrected chi connectivity index (χ3v) is 2.59. The fourth-order valence-corrected chi connectivity index (χ4v) is 1.82. The van der Waals surface area contributed by atoms with E-state index in [1.807, 2.05) is 6.07 Å². The van der Waals surface area contributed by atoms with Crippen LogP contribution in [-0.4, -0.2) is 31.4 Å². The molecule has 1 heterocycles. The van der Waals surface area contributed by atoms with E-state index in [1.165, 1.54) is 12.0 Å². The van der Waals surface area contributed by atoms with Crippen molar-refractivity contribution in [3.05, 3.63) is 42.5 Å². The molecule has 0 saturated heterocycles. The summed E-state index contributed by atoms with van der Waals surface area (Å²) in [5.41, 5.74) is 1.47. The molecule has 0 spiro atoms. The van der Waals surface area contributed by atoms with Gasteiger partial charge in [0.25, 0.3) is 5.91 Å². The Morgan fingerprint density at radius 2 is 2.22 bits per heavy atom. The summed E-state index contributed by atoms with van der Waals surface area (Å²) in [5.74, 6) is -0.318. The molecule has 2 rings (SSSR count). The zero-order chi connectivity index (χ0) is 13.1. The van der Waals surface area contributed by atoms with Crippen LogP contribution in [0.15, 0.2) is 41.9 Å².